The fraction of sp³-hybridized carbons (Fsp3) is 0.308. The highest BCUT2D eigenvalue weighted by Gasteiger charge is 2.29. The highest BCUT2D eigenvalue weighted by molar-refractivity contribution is 7.98. The molecule has 4 heterocycles. The SMILES string of the molecule is CCOC(=O)C1CCN(C(=O)c2csc(CSc3nnc(-c4cccnc4)n3-c3cccc(Cl)c3)n2)CC1. The number of likely N-dealkylation sites (tertiary alicyclic amines) is 1. The third-order valence-corrected chi connectivity index (χ3v) is 8.32. The summed E-state index contributed by atoms with van der Waals surface area (Å²) in [6.45, 7) is 3.21. The van der Waals surface area contributed by atoms with Crippen LogP contribution in [0.1, 0.15) is 35.3 Å². The lowest BCUT2D eigenvalue weighted by Gasteiger charge is -2.30. The highest BCUT2D eigenvalue weighted by atomic mass is 35.5. The molecule has 0 radical (unpaired) electrons. The molecule has 0 aliphatic carbocycles. The molecule has 0 saturated carbocycles. The van der Waals surface area contributed by atoms with Gasteiger partial charge in [-0.25, -0.2) is 4.98 Å². The molecule has 0 spiro atoms. The van der Waals surface area contributed by atoms with Crippen LogP contribution in [0, 0.1) is 5.92 Å². The molecule has 4 aromatic rings. The second-order valence-corrected chi connectivity index (χ2v) is 10.9. The van der Waals surface area contributed by atoms with E-state index < -0.39 is 0 Å². The van der Waals surface area contributed by atoms with Gasteiger partial charge in [-0.2, -0.15) is 0 Å². The zero-order valence-electron chi connectivity index (χ0n) is 20.6. The molecular formula is C26H25ClN6O3S2. The van der Waals surface area contributed by atoms with Gasteiger partial charge < -0.3 is 9.64 Å². The summed E-state index contributed by atoms with van der Waals surface area (Å²) in [5.41, 5.74) is 2.10. The van der Waals surface area contributed by atoms with Gasteiger partial charge in [-0.15, -0.1) is 21.5 Å². The molecule has 5 rings (SSSR count). The van der Waals surface area contributed by atoms with Crippen molar-refractivity contribution in [2.24, 2.45) is 5.92 Å². The fourth-order valence-corrected chi connectivity index (χ4v) is 6.16. The van der Waals surface area contributed by atoms with E-state index in [2.05, 4.69) is 20.2 Å². The van der Waals surface area contributed by atoms with E-state index in [0.29, 0.717) is 60.0 Å². The summed E-state index contributed by atoms with van der Waals surface area (Å²) in [5, 5.41) is 12.7. The topological polar surface area (TPSA) is 103 Å². The number of piperidine rings is 1. The van der Waals surface area contributed by atoms with E-state index in [1.165, 1.54) is 23.1 Å². The van der Waals surface area contributed by atoms with E-state index in [-0.39, 0.29) is 17.8 Å². The molecule has 1 fully saturated rings. The number of thiazole rings is 1. The summed E-state index contributed by atoms with van der Waals surface area (Å²) in [6.07, 6.45) is 4.67. The van der Waals surface area contributed by atoms with Gasteiger partial charge in [0.1, 0.15) is 10.7 Å². The molecule has 12 heteroatoms. The van der Waals surface area contributed by atoms with Crippen molar-refractivity contribution in [3.05, 3.63) is 69.9 Å². The number of rotatable bonds is 8. The zero-order valence-corrected chi connectivity index (χ0v) is 23.0. The molecule has 196 valence electrons. The minimum absolute atomic E-state index is 0.110. The Bertz CT molecular complexity index is 1420. The lowest BCUT2D eigenvalue weighted by Crippen LogP contribution is -2.40. The average Bonchev–Trinajstić information content (AvgIpc) is 3.60. The van der Waals surface area contributed by atoms with Crippen LogP contribution in [-0.2, 0) is 15.3 Å². The number of hydrogen-bond donors (Lipinski definition) is 0. The van der Waals surface area contributed by atoms with Crippen molar-refractivity contribution < 1.29 is 14.3 Å². The Morgan fingerprint density at radius 2 is 2.03 bits per heavy atom. The smallest absolute Gasteiger partial charge is 0.309 e. The number of ether oxygens (including phenoxy) is 1. The summed E-state index contributed by atoms with van der Waals surface area (Å²) >= 11 is 9.20. The average molecular weight is 569 g/mol. The maximum atomic E-state index is 13.0. The van der Waals surface area contributed by atoms with Gasteiger partial charge in [-0.1, -0.05) is 29.4 Å². The molecule has 1 aliphatic heterocycles. The number of nitrogens with zero attached hydrogens (tertiary/aromatic N) is 6. The van der Waals surface area contributed by atoms with Gasteiger partial charge in [-0.3, -0.25) is 19.1 Å². The summed E-state index contributed by atoms with van der Waals surface area (Å²) in [5.74, 6) is 0.749. The lowest BCUT2D eigenvalue weighted by atomic mass is 9.97. The second-order valence-electron chi connectivity index (χ2n) is 8.60. The van der Waals surface area contributed by atoms with E-state index in [9.17, 15) is 9.59 Å². The Kier molecular flexibility index (Phi) is 8.35. The number of aromatic nitrogens is 5. The van der Waals surface area contributed by atoms with Crippen LogP contribution >= 0.6 is 34.7 Å². The number of esters is 1. The van der Waals surface area contributed by atoms with Gasteiger partial charge in [0.25, 0.3) is 5.91 Å². The molecular weight excluding hydrogens is 544 g/mol. The standard InChI is InChI=1S/C26H25ClN6O3S2/c1-2-36-25(35)17-8-11-32(12-9-17)24(34)21-15-37-22(29-21)16-38-26-31-30-23(18-5-4-10-28-14-18)33(26)20-7-3-6-19(27)13-20/h3-7,10,13-15,17H,2,8-9,11-12,16H2,1H3. The van der Waals surface area contributed by atoms with Crippen LogP contribution in [0.15, 0.2) is 59.3 Å². The highest BCUT2D eigenvalue weighted by Crippen LogP contribution is 2.31. The third kappa shape index (κ3) is 5.90. The third-order valence-electron chi connectivity index (χ3n) is 6.12. The van der Waals surface area contributed by atoms with Gasteiger partial charge in [0.2, 0.25) is 0 Å². The molecule has 9 nitrogen and oxygen atoms in total. The maximum Gasteiger partial charge on any atom is 0.309 e. The first-order chi connectivity index (χ1) is 18.5. The first-order valence-corrected chi connectivity index (χ1v) is 14.4. The predicted octanol–water partition coefficient (Wildman–Crippen LogP) is 5.15. The fourth-order valence-electron chi connectivity index (χ4n) is 4.24. The van der Waals surface area contributed by atoms with Crippen molar-refractivity contribution in [1.29, 1.82) is 0 Å². The number of halogens is 1. The van der Waals surface area contributed by atoms with Crippen LogP contribution in [0.5, 0.6) is 0 Å². The Morgan fingerprint density at radius 3 is 2.76 bits per heavy atom. The van der Waals surface area contributed by atoms with Crippen molar-refractivity contribution in [2.75, 3.05) is 19.7 Å². The number of carbonyl (C=O) groups excluding carboxylic acids is 2. The quantitative estimate of drug-likeness (QED) is 0.212. The maximum absolute atomic E-state index is 13.0. The van der Waals surface area contributed by atoms with Gasteiger partial charge >= 0.3 is 5.97 Å². The van der Waals surface area contributed by atoms with Crippen molar-refractivity contribution >= 4 is 46.6 Å². The second kappa shape index (κ2) is 12.1. The number of thioether (sulfide) groups is 1. The van der Waals surface area contributed by atoms with E-state index in [1.807, 2.05) is 41.0 Å². The minimum atomic E-state index is -0.176. The molecule has 1 saturated heterocycles. The van der Waals surface area contributed by atoms with Gasteiger partial charge in [-0.05, 0) is 50.1 Å². The van der Waals surface area contributed by atoms with Crippen LogP contribution in [0.25, 0.3) is 17.1 Å². The van der Waals surface area contributed by atoms with E-state index >= 15 is 0 Å². The molecule has 0 N–H and O–H groups in total. The Morgan fingerprint density at radius 1 is 1.18 bits per heavy atom. The van der Waals surface area contributed by atoms with Crippen LogP contribution in [0.4, 0.5) is 0 Å². The van der Waals surface area contributed by atoms with Crippen molar-refractivity contribution in [3.8, 4) is 17.1 Å². The molecule has 0 atom stereocenters. The Labute approximate surface area is 233 Å². The normalized spacial score (nSPS) is 14.0. The monoisotopic (exact) mass is 568 g/mol. The summed E-state index contributed by atoms with van der Waals surface area (Å²) in [4.78, 5) is 35.6. The van der Waals surface area contributed by atoms with Crippen LogP contribution in [0.3, 0.4) is 0 Å². The van der Waals surface area contributed by atoms with Crippen LogP contribution < -0.4 is 0 Å². The van der Waals surface area contributed by atoms with Crippen LogP contribution in [-0.4, -0.2) is 61.2 Å². The predicted molar refractivity (Wildman–Crippen MR) is 147 cm³/mol. The van der Waals surface area contributed by atoms with E-state index in [0.717, 1.165) is 16.3 Å². The molecule has 0 bridgehead atoms. The van der Waals surface area contributed by atoms with Crippen molar-refractivity contribution in [1.82, 2.24) is 29.6 Å². The minimum Gasteiger partial charge on any atom is -0.466 e. The number of pyridine rings is 1. The molecule has 1 amide bonds. The number of carbonyl (C=O) groups is 2. The summed E-state index contributed by atoms with van der Waals surface area (Å²) in [6, 6.07) is 11.3. The molecule has 38 heavy (non-hydrogen) atoms. The number of benzene rings is 1. The van der Waals surface area contributed by atoms with Gasteiger partial charge in [0.15, 0.2) is 11.0 Å². The molecule has 0 unspecified atom stereocenters. The first-order valence-electron chi connectivity index (χ1n) is 12.2. The summed E-state index contributed by atoms with van der Waals surface area (Å²) < 4.78 is 7.07. The van der Waals surface area contributed by atoms with Gasteiger partial charge in [0, 0.05) is 41.4 Å². The largest absolute Gasteiger partial charge is 0.466 e. The zero-order chi connectivity index (χ0) is 26.5. The first kappa shape index (κ1) is 26.3. The lowest BCUT2D eigenvalue weighted by molar-refractivity contribution is -0.149. The van der Waals surface area contributed by atoms with Crippen molar-refractivity contribution in [2.45, 2.75) is 30.7 Å². The molecule has 3 aromatic heterocycles. The Balaban J connectivity index is 1.28. The van der Waals surface area contributed by atoms with E-state index in [1.54, 1.807) is 29.6 Å². The van der Waals surface area contributed by atoms with E-state index in [4.69, 9.17) is 16.3 Å². The van der Waals surface area contributed by atoms with Gasteiger partial charge in [0.05, 0.1) is 24.0 Å². The Hall–Kier alpha value is -3.28. The molecule has 1 aromatic carbocycles. The summed E-state index contributed by atoms with van der Waals surface area (Å²) in [7, 11) is 0. The van der Waals surface area contributed by atoms with Crippen molar-refractivity contribution in [3.63, 3.8) is 0 Å². The number of hydrogen-bond acceptors (Lipinski definition) is 9. The number of amides is 1. The molecule has 1 aliphatic rings. The van der Waals surface area contributed by atoms with Crippen LogP contribution in [0.2, 0.25) is 5.02 Å².